The fourth-order valence-corrected chi connectivity index (χ4v) is 8.05. The highest BCUT2D eigenvalue weighted by molar-refractivity contribution is 6.19. The van der Waals surface area contributed by atoms with Crippen LogP contribution in [0.5, 0.6) is 0 Å². The third-order valence-electron chi connectivity index (χ3n) is 9.41. The van der Waals surface area contributed by atoms with Gasteiger partial charge >= 0.3 is 0 Å². The van der Waals surface area contributed by atoms with E-state index in [9.17, 15) is 14.9 Å². The average Bonchev–Trinajstić information content (AvgIpc) is 3.35. The molecule has 4 aliphatic carbocycles. The van der Waals surface area contributed by atoms with E-state index in [1.165, 1.54) is 24.2 Å². The summed E-state index contributed by atoms with van der Waals surface area (Å²) in [6.07, 6.45) is 12.0. The Labute approximate surface area is 236 Å². The Bertz CT molecular complexity index is 1390. The molecule has 2 heterocycles. The van der Waals surface area contributed by atoms with Gasteiger partial charge < -0.3 is 4.74 Å². The highest BCUT2D eigenvalue weighted by atomic mass is 16.5. The molecule has 4 saturated carbocycles. The van der Waals surface area contributed by atoms with Gasteiger partial charge in [0.25, 0.3) is 11.8 Å². The van der Waals surface area contributed by atoms with Gasteiger partial charge in [0.2, 0.25) is 0 Å². The van der Waals surface area contributed by atoms with Crippen molar-refractivity contribution in [2.24, 2.45) is 17.8 Å². The first kappa shape index (κ1) is 26.7. The van der Waals surface area contributed by atoms with E-state index >= 15 is 0 Å². The molecule has 40 heavy (non-hydrogen) atoms. The Morgan fingerprint density at radius 1 is 1.07 bits per heavy atom. The lowest BCUT2D eigenvalue weighted by Crippen LogP contribution is -2.49. The molecule has 4 fully saturated rings. The van der Waals surface area contributed by atoms with Crippen LogP contribution in [0.1, 0.15) is 77.0 Å². The summed E-state index contributed by atoms with van der Waals surface area (Å²) < 4.78 is 7.56. The van der Waals surface area contributed by atoms with Crippen LogP contribution in [0, 0.1) is 29.1 Å². The molecule has 2 amide bonds. The number of nitrogens with zero attached hydrogens (tertiary/aromatic N) is 4. The van der Waals surface area contributed by atoms with Crippen molar-refractivity contribution >= 4 is 17.9 Å². The Hall–Kier alpha value is -3.50. The lowest BCUT2D eigenvalue weighted by Gasteiger charge is -2.56. The standard InChI is InChI=1S/C33H38N4O3/c1-21(2)40-11-7-10-36-31(38)28(22(3)29(19-34)32(36)39)15-26-20-37(27-8-5-4-6-9-27)35-30(26)33-16-23-12-24(17-33)14-25(13-23)18-33/h4-6,8-9,15,20-21,23-25H,7,10-14,16-18H2,1-3H3/b28-15+. The zero-order valence-electron chi connectivity index (χ0n) is 23.7. The van der Waals surface area contributed by atoms with Crippen molar-refractivity contribution in [3.8, 4) is 11.8 Å². The molecule has 1 aromatic carbocycles. The maximum atomic E-state index is 13.8. The molecule has 7 heteroatoms. The van der Waals surface area contributed by atoms with E-state index in [1.54, 1.807) is 6.92 Å². The molecule has 7 nitrogen and oxygen atoms in total. The summed E-state index contributed by atoms with van der Waals surface area (Å²) in [5, 5.41) is 15.1. The fraction of sp³-hybridized carbons (Fsp3) is 0.515. The van der Waals surface area contributed by atoms with Crippen molar-refractivity contribution < 1.29 is 14.3 Å². The number of nitriles is 1. The van der Waals surface area contributed by atoms with Crippen molar-refractivity contribution in [1.82, 2.24) is 14.7 Å². The number of imide groups is 1. The second-order valence-electron chi connectivity index (χ2n) is 12.6. The number of aromatic nitrogens is 2. The number of benzene rings is 1. The molecule has 2 aromatic rings. The van der Waals surface area contributed by atoms with Crippen LogP contribution in [0.15, 0.2) is 53.2 Å². The minimum absolute atomic E-state index is 0.0122. The number of hydrogen-bond acceptors (Lipinski definition) is 5. The Morgan fingerprint density at radius 3 is 2.33 bits per heavy atom. The summed E-state index contributed by atoms with van der Waals surface area (Å²) in [4.78, 5) is 28.1. The molecule has 1 aliphatic heterocycles. The van der Waals surface area contributed by atoms with Gasteiger partial charge in [-0.15, -0.1) is 0 Å². The normalized spacial score (nSPS) is 28.7. The summed E-state index contributed by atoms with van der Waals surface area (Å²) in [5.74, 6) is 1.37. The van der Waals surface area contributed by atoms with Gasteiger partial charge in [0.1, 0.15) is 11.6 Å². The van der Waals surface area contributed by atoms with E-state index in [0.717, 1.165) is 54.0 Å². The molecule has 0 saturated heterocycles. The molecule has 0 radical (unpaired) electrons. The van der Waals surface area contributed by atoms with E-state index in [0.29, 0.717) is 24.2 Å². The lowest BCUT2D eigenvalue weighted by atomic mass is 9.48. The third-order valence-corrected chi connectivity index (χ3v) is 9.41. The highest BCUT2D eigenvalue weighted by Gasteiger charge is 2.53. The number of hydrogen-bond donors (Lipinski definition) is 0. The molecule has 0 spiro atoms. The first-order valence-electron chi connectivity index (χ1n) is 14.7. The largest absolute Gasteiger partial charge is 0.379 e. The molecule has 1 aromatic heterocycles. The summed E-state index contributed by atoms with van der Waals surface area (Å²) in [6, 6.07) is 12.2. The fourth-order valence-electron chi connectivity index (χ4n) is 8.05. The van der Waals surface area contributed by atoms with Gasteiger partial charge in [-0.3, -0.25) is 14.5 Å². The Kier molecular flexibility index (Phi) is 7.00. The quantitative estimate of drug-likeness (QED) is 0.243. The first-order valence-corrected chi connectivity index (χ1v) is 14.7. The van der Waals surface area contributed by atoms with Crippen LogP contribution < -0.4 is 0 Å². The first-order chi connectivity index (χ1) is 19.3. The zero-order chi connectivity index (χ0) is 28.0. The molecule has 0 atom stereocenters. The minimum Gasteiger partial charge on any atom is -0.379 e. The van der Waals surface area contributed by atoms with Gasteiger partial charge in [-0.25, -0.2) is 4.68 Å². The third kappa shape index (κ3) is 4.73. The van der Waals surface area contributed by atoms with E-state index in [-0.39, 0.29) is 29.5 Å². The van der Waals surface area contributed by atoms with Gasteiger partial charge in [-0.1, -0.05) is 18.2 Å². The predicted molar refractivity (Wildman–Crippen MR) is 152 cm³/mol. The van der Waals surface area contributed by atoms with E-state index in [1.807, 2.05) is 61.1 Å². The van der Waals surface area contributed by atoms with Crippen LogP contribution >= 0.6 is 0 Å². The number of ether oxygens (including phenoxy) is 1. The van der Waals surface area contributed by atoms with Crippen molar-refractivity contribution in [2.75, 3.05) is 13.2 Å². The Morgan fingerprint density at radius 2 is 1.73 bits per heavy atom. The number of carbonyl (C=O) groups excluding carboxylic acids is 2. The van der Waals surface area contributed by atoms with Crippen molar-refractivity contribution in [3.63, 3.8) is 0 Å². The maximum Gasteiger partial charge on any atom is 0.271 e. The van der Waals surface area contributed by atoms with Crippen molar-refractivity contribution in [3.05, 3.63) is 64.5 Å². The molecule has 0 N–H and O–H groups in total. The second-order valence-corrected chi connectivity index (χ2v) is 12.6. The van der Waals surface area contributed by atoms with Crippen LogP contribution in [0.3, 0.4) is 0 Å². The van der Waals surface area contributed by atoms with Gasteiger partial charge in [0.05, 0.1) is 17.5 Å². The summed E-state index contributed by atoms with van der Waals surface area (Å²) >= 11 is 0. The molecule has 5 aliphatic rings. The van der Waals surface area contributed by atoms with E-state index in [4.69, 9.17) is 9.84 Å². The average molecular weight is 539 g/mol. The van der Waals surface area contributed by atoms with E-state index in [2.05, 4.69) is 6.07 Å². The van der Waals surface area contributed by atoms with Crippen molar-refractivity contribution in [2.45, 2.75) is 77.2 Å². The topological polar surface area (TPSA) is 88.2 Å². The molecular weight excluding hydrogens is 500 g/mol. The van der Waals surface area contributed by atoms with Crippen molar-refractivity contribution in [1.29, 1.82) is 5.26 Å². The number of carbonyl (C=O) groups is 2. The molecule has 4 bridgehead atoms. The number of amides is 2. The monoisotopic (exact) mass is 538 g/mol. The number of para-hydroxylation sites is 1. The molecule has 0 unspecified atom stereocenters. The van der Waals surface area contributed by atoms with Crippen LogP contribution in [0.25, 0.3) is 11.8 Å². The van der Waals surface area contributed by atoms with Crippen LogP contribution in [-0.4, -0.2) is 45.8 Å². The van der Waals surface area contributed by atoms with Crippen LogP contribution in [0.2, 0.25) is 0 Å². The van der Waals surface area contributed by atoms with Gasteiger partial charge in [0.15, 0.2) is 0 Å². The maximum absolute atomic E-state index is 13.8. The SMILES string of the molecule is CC1=C(C#N)C(=O)N(CCCOC(C)C)C(=O)/C1=C/c1cn(-c2ccccc2)nc1C12CC3CC(CC(C3)C1)C2. The Balaban J connectivity index is 1.42. The smallest absolute Gasteiger partial charge is 0.271 e. The van der Waals surface area contributed by atoms with Gasteiger partial charge in [-0.05, 0) is 107 Å². The molecule has 7 rings (SSSR count). The highest BCUT2D eigenvalue weighted by Crippen LogP contribution is 2.61. The summed E-state index contributed by atoms with van der Waals surface area (Å²) in [7, 11) is 0. The lowest BCUT2D eigenvalue weighted by molar-refractivity contribution is -0.140. The second kappa shape index (κ2) is 10.5. The van der Waals surface area contributed by atoms with Crippen LogP contribution in [0.4, 0.5) is 0 Å². The molecular formula is C33H38N4O3. The minimum atomic E-state index is -0.520. The predicted octanol–water partition coefficient (Wildman–Crippen LogP) is 5.75. The molecule has 208 valence electrons. The summed E-state index contributed by atoms with van der Waals surface area (Å²) in [6.45, 7) is 6.28. The number of rotatable bonds is 8. The van der Waals surface area contributed by atoms with Gasteiger partial charge in [0, 0.05) is 35.9 Å². The zero-order valence-corrected chi connectivity index (χ0v) is 23.7. The van der Waals surface area contributed by atoms with Gasteiger partial charge in [-0.2, -0.15) is 10.4 Å². The summed E-state index contributed by atoms with van der Waals surface area (Å²) in [5.41, 5.74) is 3.84. The van der Waals surface area contributed by atoms with E-state index < -0.39 is 5.91 Å². The van der Waals surface area contributed by atoms with Crippen LogP contribution in [-0.2, 0) is 19.7 Å².